The Morgan fingerprint density at radius 2 is 0.765 bits per heavy atom. The number of hydrogen-bond donors (Lipinski definition) is 0. The Balaban J connectivity index is 4.36. The van der Waals surface area contributed by atoms with E-state index in [4.69, 9.17) is 0 Å². The summed E-state index contributed by atoms with van der Waals surface area (Å²) in [6.45, 7) is 0. The fraction of sp³-hybridized carbons (Fsp3) is 1.00. The van der Waals surface area contributed by atoms with Crippen LogP contribution < -0.4 is 0 Å². The number of rotatable bonds is 4. The average molecular weight is 410 g/mol. The van der Waals surface area contributed by atoms with Crippen molar-refractivity contribution in [1.82, 2.24) is 0 Å². The van der Waals surface area contributed by atoms with E-state index >= 15 is 0 Å². The van der Waals surface area contributed by atoms with E-state index in [9.17, 15) is 43.9 Å². The number of halogens is 10. The molecule has 0 rings (SSSR count). The molecule has 104 valence electrons. The second kappa shape index (κ2) is 5.14. The second-order valence-electron chi connectivity index (χ2n) is 2.44. The molecule has 0 aliphatic heterocycles. The van der Waals surface area contributed by atoms with Gasteiger partial charge >= 0.3 is 100 Å². The normalized spacial score (nSPS) is 15.2. The first-order chi connectivity index (χ1) is 7.21. The molecule has 0 nitrogen and oxygen atoms in total. The van der Waals surface area contributed by atoms with Crippen LogP contribution >= 0.6 is 0 Å². The molecular weight excluding hydrogens is 408 g/mol. The zero-order chi connectivity index (χ0) is 14.1. The monoisotopic (exact) mass is 412 g/mol. The molecule has 0 aliphatic carbocycles. The quantitative estimate of drug-likeness (QED) is 0.494. The molecule has 0 N–H and O–H groups in total. The Bertz CT molecular complexity index is 226. The van der Waals surface area contributed by atoms with Crippen LogP contribution in [0.25, 0.3) is 0 Å². The summed E-state index contributed by atoms with van der Waals surface area (Å²) in [5, 5.41) is 0. The zero-order valence-corrected chi connectivity index (χ0v) is 10.7. The standard InChI is InChI=1S/C5H2F10Se2/c6-2(7,8)4(12,13)16-1-17-5(14,15)3(9,10)11/h1H2. The summed E-state index contributed by atoms with van der Waals surface area (Å²) in [5.41, 5.74) is 0. The maximum atomic E-state index is 12.2. The molecule has 12 heteroatoms. The third-order valence-corrected chi connectivity index (χ3v) is 6.70. The fourth-order valence-electron chi connectivity index (χ4n) is 0.341. The van der Waals surface area contributed by atoms with E-state index < -0.39 is 56.1 Å². The van der Waals surface area contributed by atoms with Crippen molar-refractivity contribution in [3.05, 3.63) is 0 Å². The molecule has 0 unspecified atom stereocenters. The Kier molecular flexibility index (Phi) is 5.25. The van der Waals surface area contributed by atoms with Crippen molar-refractivity contribution < 1.29 is 43.9 Å². The predicted octanol–water partition coefficient (Wildman–Crippen LogP) is 3.08. The van der Waals surface area contributed by atoms with Gasteiger partial charge in [-0.3, -0.25) is 0 Å². The summed E-state index contributed by atoms with van der Waals surface area (Å²) in [6, 6.07) is 0. The SMILES string of the molecule is FC(F)(F)C(F)(F)[Se]C[Se]C(F)(F)C(F)(F)F. The van der Waals surface area contributed by atoms with Crippen molar-refractivity contribution in [3.63, 3.8) is 0 Å². The van der Waals surface area contributed by atoms with Crippen LogP contribution in [0.4, 0.5) is 43.9 Å². The predicted molar refractivity (Wildman–Crippen MR) is 38.3 cm³/mol. The van der Waals surface area contributed by atoms with Gasteiger partial charge in [-0.1, -0.05) is 0 Å². The third-order valence-electron chi connectivity index (χ3n) is 1.14. The molecule has 0 spiro atoms. The van der Waals surface area contributed by atoms with E-state index in [1.807, 2.05) is 0 Å². The molecular formula is C5H2F10Se2. The van der Waals surface area contributed by atoms with Crippen molar-refractivity contribution in [1.29, 1.82) is 0 Å². The van der Waals surface area contributed by atoms with Crippen molar-refractivity contribution in [3.8, 4) is 0 Å². The Morgan fingerprint density at radius 3 is 0.941 bits per heavy atom. The number of hydrogen-bond acceptors (Lipinski definition) is 0. The maximum absolute atomic E-state index is 12.2. The van der Waals surface area contributed by atoms with Crippen LogP contribution in [0, 0.1) is 0 Å². The Morgan fingerprint density at radius 1 is 0.529 bits per heavy atom. The summed E-state index contributed by atoms with van der Waals surface area (Å²) in [7, 11) is 0. The van der Waals surface area contributed by atoms with Gasteiger partial charge in [0.2, 0.25) is 0 Å². The molecule has 0 saturated heterocycles. The van der Waals surface area contributed by atoms with Gasteiger partial charge in [0.1, 0.15) is 0 Å². The van der Waals surface area contributed by atoms with Crippen LogP contribution in [0.15, 0.2) is 0 Å². The van der Waals surface area contributed by atoms with E-state index in [0.717, 1.165) is 0 Å². The molecule has 0 heterocycles. The van der Waals surface area contributed by atoms with Gasteiger partial charge in [0.25, 0.3) is 0 Å². The van der Waals surface area contributed by atoms with Crippen molar-refractivity contribution in [2.24, 2.45) is 0 Å². The molecule has 0 bridgehead atoms. The molecule has 0 atom stereocenters. The average Bonchev–Trinajstić information content (AvgIpc) is 1.98. The summed E-state index contributed by atoms with van der Waals surface area (Å²) in [4.78, 5) is -10.4. The molecule has 0 fully saturated rings. The minimum atomic E-state index is -5.92. The zero-order valence-electron chi connectivity index (χ0n) is 7.30. The van der Waals surface area contributed by atoms with Gasteiger partial charge in [-0.05, 0) is 0 Å². The van der Waals surface area contributed by atoms with Crippen molar-refractivity contribution in [2.75, 3.05) is 0 Å². The van der Waals surface area contributed by atoms with E-state index in [0.29, 0.717) is 0 Å². The van der Waals surface area contributed by atoms with Gasteiger partial charge in [-0.25, -0.2) is 0 Å². The fourth-order valence-corrected chi connectivity index (χ4v) is 5.64. The van der Waals surface area contributed by atoms with E-state index in [1.54, 1.807) is 0 Å². The van der Waals surface area contributed by atoms with Crippen LogP contribution in [0.3, 0.4) is 0 Å². The molecule has 0 amide bonds. The van der Waals surface area contributed by atoms with E-state index in [2.05, 4.69) is 0 Å². The van der Waals surface area contributed by atoms with Gasteiger partial charge in [0, 0.05) is 0 Å². The summed E-state index contributed by atoms with van der Waals surface area (Å²) in [5.74, 6) is 0. The van der Waals surface area contributed by atoms with Crippen molar-refractivity contribution in [2.45, 2.75) is 26.2 Å². The van der Waals surface area contributed by atoms with Gasteiger partial charge in [0.15, 0.2) is 0 Å². The van der Waals surface area contributed by atoms with Crippen LogP contribution in [-0.4, -0.2) is 51.9 Å². The van der Waals surface area contributed by atoms with Crippen LogP contribution in [-0.2, 0) is 0 Å². The minimum absolute atomic E-state index is 1.47. The Labute approximate surface area is 100 Å². The van der Waals surface area contributed by atoms with Gasteiger partial charge in [0.05, 0.1) is 0 Å². The van der Waals surface area contributed by atoms with Gasteiger partial charge in [-0.2, -0.15) is 0 Å². The molecule has 0 aromatic rings. The number of alkyl halides is 10. The third kappa shape index (κ3) is 4.84. The van der Waals surface area contributed by atoms with Crippen molar-refractivity contribution >= 4 is 29.9 Å². The summed E-state index contributed by atoms with van der Waals surface area (Å²) >= 11 is -5.36. The molecule has 0 aromatic carbocycles. The first-order valence-electron chi connectivity index (χ1n) is 3.38. The van der Waals surface area contributed by atoms with E-state index in [1.165, 1.54) is 0 Å². The van der Waals surface area contributed by atoms with E-state index in [-0.39, 0.29) is 0 Å². The summed E-state index contributed by atoms with van der Waals surface area (Å²) in [6.07, 6.45) is -11.8. The van der Waals surface area contributed by atoms with Crippen LogP contribution in [0.5, 0.6) is 0 Å². The van der Waals surface area contributed by atoms with Crippen LogP contribution in [0.1, 0.15) is 0 Å². The van der Waals surface area contributed by atoms with Crippen LogP contribution in [0.2, 0.25) is 4.22 Å². The summed E-state index contributed by atoms with van der Waals surface area (Å²) < 4.78 is 117. The topological polar surface area (TPSA) is 0 Å². The first-order valence-corrected chi connectivity index (χ1v) is 7.51. The Hall–Kier alpha value is 0.339. The van der Waals surface area contributed by atoms with Gasteiger partial charge in [-0.15, -0.1) is 0 Å². The molecule has 17 heavy (non-hydrogen) atoms. The molecule has 0 saturated carbocycles. The van der Waals surface area contributed by atoms with Gasteiger partial charge < -0.3 is 0 Å². The molecule has 0 aromatic heterocycles. The molecule has 0 aliphatic rings. The molecule has 0 radical (unpaired) electrons. The second-order valence-corrected chi connectivity index (χ2v) is 8.86. The first kappa shape index (κ1) is 17.3.